The lowest BCUT2D eigenvalue weighted by molar-refractivity contribution is 0.0785. The number of hydrogen-bond acceptors (Lipinski definition) is 4. The Kier molecular flexibility index (Phi) is 4.88. The first-order chi connectivity index (χ1) is 9.70. The van der Waals surface area contributed by atoms with Gasteiger partial charge < -0.3 is 10.6 Å². The number of rotatable bonds is 3. The first kappa shape index (κ1) is 14.3. The summed E-state index contributed by atoms with van der Waals surface area (Å²) in [4.78, 5) is 18.8. The van der Waals surface area contributed by atoms with Gasteiger partial charge in [-0.05, 0) is 29.1 Å². The minimum Gasteiger partial charge on any atom is -0.337 e. The molecule has 2 N–H and O–H groups in total. The minimum atomic E-state index is -0.0427. The second kappa shape index (κ2) is 6.85. The van der Waals surface area contributed by atoms with E-state index >= 15 is 0 Å². The first-order valence-corrected chi connectivity index (χ1v) is 7.00. The van der Waals surface area contributed by atoms with E-state index < -0.39 is 0 Å². The average Bonchev–Trinajstić information content (AvgIpc) is 2.92. The SMILES string of the molecule is CN(Cc1csc(C#CCN)c1)C(=O)c1cccnc1. The van der Waals surface area contributed by atoms with Crippen LogP contribution in [0.15, 0.2) is 36.0 Å². The zero-order chi connectivity index (χ0) is 14.4. The molecular weight excluding hydrogens is 270 g/mol. The molecule has 102 valence electrons. The van der Waals surface area contributed by atoms with E-state index in [-0.39, 0.29) is 5.91 Å². The van der Waals surface area contributed by atoms with E-state index in [9.17, 15) is 4.79 Å². The molecule has 0 aromatic carbocycles. The molecule has 2 rings (SSSR count). The van der Waals surface area contributed by atoms with Crippen LogP contribution in [0.5, 0.6) is 0 Å². The Hall–Kier alpha value is -2.16. The maximum absolute atomic E-state index is 12.2. The highest BCUT2D eigenvalue weighted by Gasteiger charge is 2.12. The molecular formula is C15H15N3OS. The summed E-state index contributed by atoms with van der Waals surface area (Å²) in [7, 11) is 1.78. The molecule has 4 nitrogen and oxygen atoms in total. The second-order valence-corrected chi connectivity index (χ2v) is 5.14. The van der Waals surface area contributed by atoms with Crippen molar-refractivity contribution >= 4 is 17.2 Å². The van der Waals surface area contributed by atoms with Crippen molar-refractivity contribution in [1.29, 1.82) is 0 Å². The van der Waals surface area contributed by atoms with E-state index in [1.54, 1.807) is 47.8 Å². The van der Waals surface area contributed by atoms with E-state index in [1.165, 1.54) is 0 Å². The number of amides is 1. The Balaban J connectivity index is 2.02. The van der Waals surface area contributed by atoms with Gasteiger partial charge in [-0.2, -0.15) is 0 Å². The maximum Gasteiger partial charge on any atom is 0.255 e. The van der Waals surface area contributed by atoms with Crippen LogP contribution in [-0.4, -0.2) is 29.4 Å². The molecule has 0 unspecified atom stereocenters. The number of pyridine rings is 1. The molecule has 0 spiro atoms. The van der Waals surface area contributed by atoms with Crippen molar-refractivity contribution in [2.24, 2.45) is 5.73 Å². The van der Waals surface area contributed by atoms with Gasteiger partial charge in [-0.25, -0.2) is 0 Å². The van der Waals surface area contributed by atoms with Gasteiger partial charge in [0.1, 0.15) is 0 Å². The molecule has 0 atom stereocenters. The van der Waals surface area contributed by atoms with Gasteiger partial charge >= 0.3 is 0 Å². The summed E-state index contributed by atoms with van der Waals surface area (Å²) in [5, 5.41) is 2.01. The quantitative estimate of drug-likeness (QED) is 0.874. The summed E-state index contributed by atoms with van der Waals surface area (Å²) in [5.74, 6) is 5.77. The highest BCUT2D eigenvalue weighted by molar-refractivity contribution is 7.10. The van der Waals surface area contributed by atoms with Crippen LogP contribution in [-0.2, 0) is 6.54 Å². The Morgan fingerprint density at radius 2 is 2.40 bits per heavy atom. The largest absolute Gasteiger partial charge is 0.337 e. The van der Waals surface area contributed by atoms with E-state index in [2.05, 4.69) is 16.8 Å². The number of carbonyl (C=O) groups excluding carboxylic acids is 1. The Bertz CT molecular complexity index is 640. The molecule has 20 heavy (non-hydrogen) atoms. The van der Waals surface area contributed by atoms with Crippen LogP contribution < -0.4 is 5.73 Å². The number of thiophene rings is 1. The molecule has 0 aliphatic carbocycles. The number of carbonyl (C=O) groups is 1. The fourth-order valence-electron chi connectivity index (χ4n) is 1.72. The zero-order valence-electron chi connectivity index (χ0n) is 11.2. The minimum absolute atomic E-state index is 0.0427. The zero-order valence-corrected chi connectivity index (χ0v) is 12.0. The Labute approximate surface area is 122 Å². The summed E-state index contributed by atoms with van der Waals surface area (Å²) in [6.45, 7) is 0.904. The van der Waals surface area contributed by atoms with Gasteiger partial charge in [0, 0.05) is 26.0 Å². The Morgan fingerprint density at radius 3 is 3.10 bits per heavy atom. The van der Waals surface area contributed by atoms with E-state index in [0.29, 0.717) is 18.7 Å². The van der Waals surface area contributed by atoms with Crippen molar-refractivity contribution in [2.75, 3.05) is 13.6 Å². The van der Waals surface area contributed by atoms with Crippen LogP contribution in [0.25, 0.3) is 0 Å². The summed E-state index contributed by atoms with van der Waals surface area (Å²) in [6, 6.07) is 5.50. The third-order valence-corrected chi connectivity index (χ3v) is 3.54. The lowest BCUT2D eigenvalue weighted by Crippen LogP contribution is -2.26. The topological polar surface area (TPSA) is 59.2 Å². The van der Waals surface area contributed by atoms with Gasteiger partial charge in [0.2, 0.25) is 0 Å². The van der Waals surface area contributed by atoms with Crippen LogP contribution in [0.3, 0.4) is 0 Å². The monoisotopic (exact) mass is 285 g/mol. The molecule has 0 saturated heterocycles. The summed E-state index contributed by atoms with van der Waals surface area (Å²) in [6.07, 6.45) is 3.22. The van der Waals surface area contributed by atoms with Gasteiger partial charge in [0.15, 0.2) is 0 Å². The van der Waals surface area contributed by atoms with Gasteiger partial charge in [-0.3, -0.25) is 9.78 Å². The van der Waals surface area contributed by atoms with Crippen LogP contribution in [0.2, 0.25) is 0 Å². The van der Waals surface area contributed by atoms with Crippen molar-refractivity contribution in [3.05, 3.63) is 52.0 Å². The molecule has 0 radical (unpaired) electrons. The van der Waals surface area contributed by atoms with E-state index in [0.717, 1.165) is 10.4 Å². The normalized spacial score (nSPS) is 9.70. The number of nitrogens with zero attached hydrogens (tertiary/aromatic N) is 2. The molecule has 0 bridgehead atoms. The van der Waals surface area contributed by atoms with Crippen molar-refractivity contribution < 1.29 is 4.79 Å². The van der Waals surface area contributed by atoms with Crippen molar-refractivity contribution in [3.63, 3.8) is 0 Å². The van der Waals surface area contributed by atoms with Gasteiger partial charge in [0.25, 0.3) is 5.91 Å². The number of nitrogens with two attached hydrogens (primary N) is 1. The molecule has 5 heteroatoms. The highest BCUT2D eigenvalue weighted by atomic mass is 32.1. The first-order valence-electron chi connectivity index (χ1n) is 6.12. The predicted molar refractivity (Wildman–Crippen MR) is 80.3 cm³/mol. The molecule has 1 amide bonds. The molecule has 0 aliphatic rings. The third-order valence-electron chi connectivity index (χ3n) is 2.64. The fraction of sp³-hybridized carbons (Fsp3) is 0.200. The van der Waals surface area contributed by atoms with Crippen LogP contribution in [0, 0.1) is 11.8 Å². The number of hydrogen-bond donors (Lipinski definition) is 1. The van der Waals surface area contributed by atoms with Crippen molar-refractivity contribution in [1.82, 2.24) is 9.88 Å². The highest BCUT2D eigenvalue weighted by Crippen LogP contribution is 2.16. The average molecular weight is 285 g/mol. The van der Waals surface area contributed by atoms with Crippen LogP contribution in [0.4, 0.5) is 0 Å². The Morgan fingerprint density at radius 1 is 1.55 bits per heavy atom. The molecule has 2 heterocycles. The third kappa shape index (κ3) is 3.67. The summed E-state index contributed by atoms with van der Waals surface area (Å²) >= 11 is 1.56. The second-order valence-electron chi connectivity index (χ2n) is 4.23. The van der Waals surface area contributed by atoms with E-state index in [4.69, 9.17) is 5.73 Å². The lowest BCUT2D eigenvalue weighted by atomic mass is 10.2. The lowest BCUT2D eigenvalue weighted by Gasteiger charge is -2.16. The van der Waals surface area contributed by atoms with Gasteiger partial charge in [0.05, 0.1) is 17.0 Å². The van der Waals surface area contributed by atoms with Crippen LogP contribution >= 0.6 is 11.3 Å². The smallest absolute Gasteiger partial charge is 0.255 e. The van der Waals surface area contributed by atoms with Gasteiger partial charge in [-0.15, -0.1) is 11.3 Å². The predicted octanol–water partition coefficient (Wildman–Crippen LogP) is 1.73. The van der Waals surface area contributed by atoms with E-state index in [1.807, 2.05) is 11.4 Å². The van der Waals surface area contributed by atoms with Gasteiger partial charge in [-0.1, -0.05) is 11.8 Å². The molecule has 0 fully saturated rings. The number of aromatic nitrogens is 1. The molecule has 2 aromatic rings. The molecule has 0 aliphatic heterocycles. The van der Waals surface area contributed by atoms with Crippen molar-refractivity contribution in [2.45, 2.75) is 6.54 Å². The molecule has 2 aromatic heterocycles. The van der Waals surface area contributed by atoms with Crippen LogP contribution in [0.1, 0.15) is 20.8 Å². The summed E-state index contributed by atoms with van der Waals surface area (Å²) < 4.78 is 0. The maximum atomic E-state index is 12.2. The summed E-state index contributed by atoms with van der Waals surface area (Å²) in [5.41, 5.74) is 7.00. The van der Waals surface area contributed by atoms with Crippen molar-refractivity contribution in [3.8, 4) is 11.8 Å². The standard InChI is InChI=1S/C15H15N3OS/c1-18(15(19)13-4-3-7-17-9-13)10-12-8-14(20-11-12)5-2-6-16/h3-4,7-9,11H,6,10,16H2,1H3. The molecule has 0 saturated carbocycles. The fourth-order valence-corrected chi connectivity index (χ4v) is 2.49.